The molecule has 0 aliphatic rings. The third kappa shape index (κ3) is 4.50. The summed E-state index contributed by atoms with van der Waals surface area (Å²) in [5.41, 5.74) is 0.885. The van der Waals surface area contributed by atoms with Gasteiger partial charge >= 0.3 is 0 Å². The fourth-order valence-electron chi connectivity index (χ4n) is 1.56. The Kier molecular flexibility index (Phi) is 4.38. The minimum absolute atomic E-state index is 0.364. The molecule has 16 heavy (non-hydrogen) atoms. The van der Waals surface area contributed by atoms with E-state index in [1.807, 2.05) is 30.3 Å². The molecule has 6 heteroatoms. The summed E-state index contributed by atoms with van der Waals surface area (Å²) in [5, 5.41) is 20.7. The second-order valence-electron chi connectivity index (χ2n) is 3.59. The summed E-state index contributed by atoms with van der Waals surface area (Å²) in [6.07, 6.45) is 0.364. The van der Waals surface area contributed by atoms with Gasteiger partial charge in [0.2, 0.25) is 13.1 Å². The van der Waals surface area contributed by atoms with Crippen LogP contribution in [-0.2, 0) is 6.42 Å². The maximum atomic E-state index is 10.4. The van der Waals surface area contributed by atoms with Crippen LogP contribution in [0, 0.1) is 26.1 Å². The minimum atomic E-state index is -0.549. The average molecular weight is 224 g/mol. The van der Waals surface area contributed by atoms with Crippen LogP contribution in [0.15, 0.2) is 30.3 Å². The third-order valence-corrected chi connectivity index (χ3v) is 2.18. The quantitative estimate of drug-likeness (QED) is 0.539. The van der Waals surface area contributed by atoms with Crippen molar-refractivity contribution < 1.29 is 9.85 Å². The van der Waals surface area contributed by atoms with Crippen molar-refractivity contribution in [1.82, 2.24) is 0 Å². The first-order valence-electron chi connectivity index (χ1n) is 4.85. The van der Waals surface area contributed by atoms with Gasteiger partial charge in [0.25, 0.3) is 0 Å². The third-order valence-electron chi connectivity index (χ3n) is 2.18. The van der Waals surface area contributed by atoms with E-state index in [0.717, 1.165) is 5.56 Å². The van der Waals surface area contributed by atoms with Crippen molar-refractivity contribution in [1.29, 1.82) is 0 Å². The second-order valence-corrected chi connectivity index (χ2v) is 3.59. The number of nitrogens with zero attached hydrogens (tertiary/aromatic N) is 2. The molecule has 0 spiro atoms. The lowest BCUT2D eigenvalue weighted by Crippen LogP contribution is -2.24. The Morgan fingerprint density at radius 3 is 1.94 bits per heavy atom. The van der Waals surface area contributed by atoms with Gasteiger partial charge < -0.3 is 0 Å². The molecule has 1 aromatic carbocycles. The molecule has 0 heterocycles. The van der Waals surface area contributed by atoms with Crippen molar-refractivity contribution in [2.24, 2.45) is 5.92 Å². The zero-order valence-electron chi connectivity index (χ0n) is 8.61. The second kappa shape index (κ2) is 5.79. The first-order valence-corrected chi connectivity index (χ1v) is 4.85. The molecule has 0 atom stereocenters. The predicted octanol–water partition coefficient (Wildman–Crippen LogP) is 1.40. The van der Waals surface area contributed by atoms with Crippen molar-refractivity contribution in [3.63, 3.8) is 0 Å². The predicted molar refractivity (Wildman–Crippen MR) is 57.4 cm³/mol. The Hall–Kier alpha value is -1.98. The molecule has 0 N–H and O–H groups in total. The van der Waals surface area contributed by atoms with Crippen LogP contribution in [0.2, 0.25) is 0 Å². The largest absolute Gasteiger partial charge is 0.265 e. The van der Waals surface area contributed by atoms with Crippen LogP contribution in [0.3, 0.4) is 0 Å². The molecule has 0 aliphatic carbocycles. The monoisotopic (exact) mass is 224 g/mol. The molecule has 0 saturated heterocycles. The number of rotatable bonds is 6. The van der Waals surface area contributed by atoms with Crippen LogP contribution >= 0.6 is 0 Å². The topological polar surface area (TPSA) is 86.3 Å². The summed E-state index contributed by atoms with van der Waals surface area (Å²) in [6.45, 7) is -0.730. The Morgan fingerprint density at radius 2 is 1.50 bits per heavy atom. The van der Waals surface area contributed by atoms with Gasteiger partial charge in [-0.15, -0.1) is 0 Å². The molecule has 6 nitrogen and oxygen atoms in total. The van der Waals surface area contributed by atoms with Crippen LogP contribution in [0.1, 0.15) is 5.56 Å². The fraction of sp³-hybridized carbons (Fsp3) is 0.400. The van der Waals surface area contributed by atoms with Gasteiger partial charge in [0, 0.05) is 9.85 Å². The van der Waals surface area contributed by atoms with Gasteiger partial charge in [-0.2, -0.15) is 0 Å². The Bertz CT molecular complexity index is 350. The molecular weight excluding hydrogens is 212 g/mol. The summed E-state index contributed by atoms with van der Waals surface area (Å²) in [6, 6.07) is 9.08. The Morgan fingerprint density at radius 1 is 1.00 bits per heavy atom. The lowest BCUT2D eigenvalue weighted by molar-refractivity contribution is -0.524. The van der Waals surface area contributed by atoms with Crippen LogP contribution in [0.5, 0.6) is 0 Å². The highest BCUT2D eigenvalue weighted by Crippen LogP contribution is 2.09. The van der Waals surface area contributed by atoms with Gasteiger partial charge in [-0.3, -0.25) is 20.2 Å². The molecular formula is C10H12N2O4. The smallest absolute Gasteiger partial charge is 0.213 e. The molecule has 0 aliphatic heterocycles. The summed E-state index contributed by atoms with van der Waals surface area (Å²) in [4.78, 5) is 19.7. The van der Waals surface area contributed by atoms with E-state index >= 15 is 0 Å². The van der Waals surface area contributed by atoms with Gasteiger partial charge in [0.1, 0.15) is 0 Å². The molecule has 0 bridgehead atoms. The van der Waals surface area contributed by atoms with E-state index in [2.05, 4.69) is 0 Å². The molecule has 0 radical (unpaired) electrons. The highest BCUT2D eigenvalue weighted by Gasteiger charge is 2.21. The van der Waals surface area contributed by atoms with E-state index in [1.54, 1.807) is 0 Å². The number of hydrogen-bond acceptors (Lipinski definition) is 4. The molecule has 0 fully saturated rings. The maximum Gasteiger partial charge on any atom is 0.213 e. The Balaban J connectivity index is 2.63. The van der Waals surface area contributed by atoms with Crippen molar-refractivity contribution in [2.75, 3.05) is 13.1 Å². The molecule has 0 saturated carbocycles. The minimum Gasteiger partial charge on any atom is -0.265 e. The van der Waals surface area contributed by atoms with Gasteiger partial charge in [-0.05, 0) is 12.0 Å². The lowest BCUT2D eigenvalue weighted by atomic mass is 10.00. The summed E-state index contributed by atoms with van der Waals surface area (Å²) in [7, 11) is 0. The van der Waals surface area contributed by atoms with Crippen LogP contribution < -0.4 is 0 Å². The van der Waals surface area contributed by atoms with Crippen molar-refractivity contribution >= 4 is 0 Å². The first-order chi connectivity index (χ1) is 7.58. The van der Waals surface area contributed by atoms with Crippen molar-refractivity contribution in [3.8, 4) is 0 Å². The van der Waals surface area contributed by atoms with E-state index in [9.17, 15) is 20.2 Å². The molecule has 0 unspecified atom stereocenters. The maximum absolute atomic E-state index is 10.4. The van der Waals surface area contributed by atoms with Crippen LogP contribution in [-0.4, -0.2) is 22.9 Å². The van der Waals surface area contributed by atoms with Crippen molar-refractivity contribution in [3.05, 3.63) is 56.1 Å². The van der Waals surface area contributed by atoms with E-state index < -0.39 is 15.8 Å². The van der Waals surface area contributed by atoms with Gasteiger partial charge in [-0.25, -0.2) is 0 Å². The van der Waals surface area contributed by atoms with Crippen molar-refractivity contribution in [2.45, 2.75) is 6.42 Å². The molecule has 1 aromatic rings. The summed E-state index contributed by atoms with van der Waals surface area (Å²) in [5.74, 6) is -0.549. The van der Waals surface area contributed by atoms with E-state index in [1.165, 1.54) is 0 Å². The summed E-state index contributed by atoms with van der Waals surface area (Å²) < 4.78 is 0. The van der Waals surface area contributed by atoms with Crippen LogP contribution in [0.25, 0.3) is 0 Å². The zero-order valence-corrected chi connectivity index (χ0v) is 8.61. The molecule has 0 aromatic heterocycles. The molecule has 0 amide bonds. The average Bonchev–Trinajstić information content (AvgIpc) is 2.16. The van der Waals surface area contributed by atoms with E-state index in [-0.39, 0.29) is 13.1 Å². The summed E-state index contributed by atoms with van der Waals surface area (Å²) >= 11 is 0. The normalized spacial score (nSPS) is 10.3. The zero-order chi connectivity index (χ0) is 12.0. The fourth-order valence-corrected chi connectivity index (χ4v) is 1.56. The molecule has 1 rings (SSSR count). The first kappa shape index (κ1) is 12.1. The van der Waals surface area contributed by atoms with Gasteiger partial charge in [-0.1, -0.05) is 30.3 Å². The lowest BCUT2D eigenvalue weighted by Gasteiger charge is -2.07. The number of benzene rings is 1. The van der Waals surface area contributed by atoms with Gasteiger partial charge in [0.15, 0.2) is 0 Å². The molecule has 86 valence electrons. The van der Waals surface area contributed by atoms with E-state index in [4.69, 9.17) is 0 Å². The number of nitro groups is 2. The SMILES string of the molecule is O=[N+]([O-])CC(Cc1ccccc1)C[N+](=O)[O-]. The van der Waals surface area contributed by atoms with Crippen LogP contribution in [0.4, 0.5) is 0 Å². The van der Waals surface area contributed by atoms with E-state index in [0.29, 0.717) is 6.42 Å². The van der Waals surface area contributed by atoms with Gasteiger partial charge in [0.05, 0.1) is 5.92 Å². The number of hydrogen-bond donors (Lipinski definition) is 0. The Labute approximate surface area is 92.2 Å². The standard InChI is InChI=1S/C10H12N2O4/c13-11(14)7-10(8-12(15)16)6-9-4-2-1-3-5-9/h1-5,10H,6-8H2. The highest BCUT2D eigenvalue weighted by molar-refractivity contribution is 5.15. The highest BCUT2D eigenvalue weighted by atomic mass is 16.6.